The number of aromatic nitrogens is 1. The number of hydrogen-bond acceptors (Lipinski definition) is 6. The van der Waals surface area contributed by atoms with Gasteiger partial charge in [-0.3, -0.25) is 20.4 Å². The molecule has 1 aromatic rings. The van der Waals surface area contributed by atoms with E-state index in [1.54, 1.807) is 6.92 Å². The fourth-order valence-corrected chi connectivity index (χ4v) is 3.08. The quantitative estimate of drug-likeness (QED) is 0.796. The molecule has 1 aromatic heterocycles. The Kier molecular flexibility index (Phi) is 6.14. The van der Waals surface area contributed by atoms with Crippen molar-refractivity contribution in [2.24, 2.45) is 0 Å². The Hall–Kier alpha value is -1.67. The van der Waals surface area contributed by atoms with Crippen LogP contribution in [-0.2, 0) is 9.53 Å². The number of anilines is 1. The zero-order valence-corrected chi connectivity index (χ0v) is 13.8. The molecule has 0 bridgehead atoms. The molecule has 0 saturated carbocycles. The number of carbonyl (C=O) groups is 2. The van der Waals surface area contributed by atoms with Crippen molar-refractivity contribution in [3.63, 3.8) is 0 Å². The molecule has 2 heterocycles. The van der Waals surface area contributed by atoms with Gasteiger partial charge in [-0.2, -0.15) is 0 Å². The van der Waals surface area contributed by atoms with Gasteiger partial charge in [0.05, 0.1) is 18.9 Å². The lowest BCUT2D eigenvalue weighted by Crippen LogP contribution is -2.41. The van der Waals surface area contributed by atoms with E-state index in [2.05, 4.69) is 20.7 Å². The number of carbonyl (C=O) groups excluding carboxylic acids is 2. The second-order valence-electron chi connectivity index (χ2n) is 5.12. The van der Waals surface area contributed by atoms with Crippen LogP contribution in [0.4, 0.5) is 5.13 Å². The van der Waals surface area contributed by atoms with Gasteiger partial charge in [-0.25, -0.2) is 4.98 Å². The van der Waals surface area contributed by atoms with Crippen molar-refractivity contribution < 1.29 is 14.3 Å². The van der Waals surface area contributed by atoms with Crippen LogP contribution in [0.5, 0.6) is 0 Å². The van der Waals surface area contributed by atoms with Crippen LogP contribution >= 0.6 is 11.3 Å². The van der Waals surface area contributed by atoms with Crippen LogP contribution in [0.1, 0.15) is 41.6 Å². The summed E-state index contributed by atoms with van der Waals surface area (Å²) < 4.78 is 5.31. The van der Waals surface area contributed by atoms with E-state index in [9.17, 15) is 9.59 Å². The lowest BCUT2D eigenvalue weighted by Gasteiger charge is -2.25. The topological polar surface area (TPSA) is 83.6 Å². The third-order valence-electron chi connectivity index (χ3n) is 3.35. The van der Waals surface area contributed by atoms with Crippen LogP contribution in [0.15, 0.2) is 0 Å². The predicted molar refractivity (Wildman–Crippen MR) is 85.0 cm³/mol. The molecule has 7 nitrogen and oxygen atoms in total. The summed E-state index contributed by atoms with van der Waals surface area (Å²) in [6, 6.07) is 0. The number of rotatable bonds is 5. The highest BCUT2D eigenvalue weighted by Crippen LogP contribution is 2.26. The van der Waals surface area contributed by atoms with E-state index >= 15 is 0 Å². The van der Waals surface area contributed by atoms with Gasteiger partial charge in [0.1, 0.15) is 4.88 Å². The second-order valence-corrected chi connectivity index (χ2v) is 6.09. The minimum absolute atomic E-state index is 0.175. The molecule has 2 N–H and O–H groups in total. The van der Waals surface area contributed by atoms with Crippen molar-refractivity contribution in [1.29, 1.82) is 0 Å². The largest absolute Gasteiger partial charge is 0.378 e. The molecule has 1 aliphatic heterocycles. The molecule has 1 saturated heterocycles. The van der Waals surface area contributed by atoms with Crippen LogP contribution in [0.3, 0.4) is 0 Å². The zero-order chi connectivity index (χ0) is 15.9. The highest BCUT2D eigenvalue weighted by Gasteiger charge is 2.20. The van der Waals surface area contributed by atoms with Crippen molar-refractivity contribution in [3.8, 4) is 0 Å². The first kappa shape index (κ1) is 16.7. The van der Waals surface area contributed by atoms with Gasteiger partial charge >= 0.3 is 0 Å². The van der Waals surface area contributed by atoms with Crippen molar-refractivity contribution in [2.45, 2.75) is 33.1 Å². The average molecular weight is 326 g/mol. The second kappa shape index (κ2) is 8.09. The van der Waals surface area contributed by atoms with Gasteiger partial charge in [-0.05, 0) is 13.3 Å². The van der Waals surface area contributed by atoms with Gasteiger partial charge in [0.15, 0.2) is 5.13 Å². The van der Waals surface area contributed by atoms with Gasteiger partial charge in [0.25, 0.3) is 5.91 Å². The number of thiazole rings is 1. The molecule has 0 radical (unpaired) electrons. The summed E-state index contributed by atoms with van der Waals surface area (Å²) in [6.45, 7) is 6.72. The first-order chi connectivity index (χ1) is 10.6. The Morgan fingerprint density at radius 2 is 2.05 bits per heavy atom. The van der Waals surface area contributed by atoms with Gasteiger partial charge < -0.3 is 9.64 Å². The van der Waals surface area contributed by atoms with E-state index in [-0.39, 0.29) is 11.8 Å². The number of aryl methyl sites for hydroxylation is 1. The Bertz CT molecular complexity index is 526. The molecule has 0 aromatic carbocycles. The van der Waals surface area contributed by atoms with Gasteiger partial charge in [0, 0.05) is 19.5 Å². The van der Waals surface area contributed by atoms with E-state index in [0.717, 1.165) is 31.1 Å². The number of morpholine rings is 1. The Morgan fingerprint density at radius 3 is 2.73 bits per heavy atom. The van der Waals surface area contributed by atoms with E-state index in [0.29, 0.717) is 30.2 Å². The Morgan fingerprint density at radius 1 is 1.32 bits per heavy atom. The molecular weight excluding hydrogens is 304 g/mol. The molecule has 1 fully saturated rings. The lowest BCUT2D eigenvalue weighted by molar-refractivity contribution is -0.121. The highest BCUT2D eigenvalue weighted by atomic mass is 32.1. The zero-order valence-electron chi connectivity index (χ0n) is 13.0. The minimum Gasteiger partial charge on any atom is -0.378 e. The fraction of sp³-hybridized carbons (Fsp3) is 0.643. The smallest absolute Gasteiger partial charge is 0.281 e. The van der Waals surface area contributed by atoms with Gasteiger partial charge in [-0.1, -0.05) is 24.7 Å². The minimum atomic E-state index is -0.320. The third-order valence-corrected chi connectivity index (χ3v) is 4.56. The summed E-state index contributed by atoms with van der Waals surface area (Å²) in [6.07, 6.45) is 2.16. The van der Waals surface area contributed by atoms with Crippen LogP contribution in [0.2, 0.25) is 0 Å². The van der Waals surface area contributed by atoms with Crippen molar-refractivity contribution in [1.82, 2.24) is 15.8 Å². The summed E-state index contributed by atoms with van der Waals surface area (Å²) in [5, 5.41) is 0.822. The molecule has 0 aliphatic carbocycles. The van der Waals surface area contributed by atoms with E-state index < -0.39 is 0 Å². The molecular formula is C14H22N4O3S. The standard InChI is InChI=1S/C14H22N4O3S/c1-3-4-5-11(19)16-17-13(20)12-10(2)15-14(22-12)18-6-8-21-9-7-18/h3-9H2,1-2H3,(H,16,19)(H,17,20). The number of hydrogen-bond donors (Lipinski definition) is 2. The van der Waals surface area contributed by atoms with Crippen LogP contribution in [-0.4, -0.2) is 43.1 Å². The molecule has 0 spiro atoms. The maximum Gasteiger partial charge on any atom is 0.281 e. The van der Waals surface area contributed by atoms with Gasteiger partial charge in [-0.15, -0.1) is 0 Å². The first-order valence-electron chi connectivity index (χ1n) is 7.51. The first-order valence-corrected chi connectivity index (χ1v) is 8.32. The number of unbranched alkanes of at least 4 members (excludes halogenated alkanes) is 1. The molecule has 0 atom stereocenters. The van der Waals surface area contributed by atoms with Crippen LogP contribution in [0.25, 0.3) is 0 Å². The molecule has 2 amide bonds. The lowest BCUT2D eigenvalue weighted by atomic mass is 10.2. The van der Waals surface area contributed by atoms with E-state index in [4.69, 9.17) is 4.74 Å². The maximum absolute atomic E-state index is 12.1. The predicted octanol–water partition coefficient (Wildman–Crippen LogP) is 1.24. The summed E-state index contributed by atoms with van der Waals surface area (Å²) in [7, 11) is 0. The fourth-order valence-electron chi connectivity index (χ4n) is 2.07. The number of nitrogens with one attached hydrogen (secondary N) is 2. The SMILES string of the molecule is CCCCC(=O)NNC(=O)c1sc(N2CCOCC2)nc1C. The van der Waals surface area contributed by atoms with Crippen molar-refractivity contribution >= 4 is 28.3 Å². The normalized spacial score (nSPS) is 14.7. The number of nitrogens with zero attached hydrogens (tertiary/aromatic N) is 2. The monoisotopic (exact) mass is 326 g/mol. The summed E-state index contributed by atoms with van der Waals surface area (Å²) >= 11 is 1.34. The van der Waals surface area contributed by atoms with E-state index in [1.165, 1.54) is 11.3 Å². The molecule has 122 valence electrons. The number of hydrazine groups is 1. The average Bonchev–Trinajstić information content (AvgIpc) is 2.93. The van der Waals surface area contributed by atoms with Crippen LogP contribution < -0.4 is 15.8 Å². The van der Waals surface area contributed by atoms with Crippen LogP contribution in [0, 0.1) is 6.92 Å². The Labute approximate surface area is 134 Å². The van der Waals surface area contributed by atoms with Crippen molar-refractivity contribution in [3.05, 3.63) is 10.6 Å². The van der Waals surface area contributed by atoms with E-state index in [1.807, 2.05) is 6.92 Å². The summed E-state index contributed by atoms with van der Waals surface area (Å²) in [5.74, 6) is -0.495. The summed E-state index contributed by atoms with van der Waals surface area (Å²) in [4.78, 5) is 30.7. The van der Waals surface area contributed by atoms with Crippen molar-refractivity contribution in [2.75, 3.05) is 31.2 Å². The summed E-state index contributed by atoms with van der Waals surface area (Å²) in [5.41, 5.74) is 5.56. The highest BCUT2D eigenvalue weighted by molar-refractivity contribution is 7.17. The maximum atomic E-state index is 12.1. The number of ether oxygens (including phenoxy) is 1. The molecule has 8 heteroatoms. The number of amides is 2. The molecule has 1 aliphatic rings. The molecule has 0 unspecified atom stereocenters. The van der Waals surface area contributed by atoms with Gasteiger partial charge in [0.2, 0.25) is 5.91 Å². The third kappa shape index (κ3) is 4.41. The molecule has 22 heavy (non-hydrogen) atoms. The molecule has 2 rings (SSSR count). The Balaban J connectivity index is 1.92.